The summed E-state index contributed by atoms with van der Waals surface area (Å²) in [5.41, 5.74) is 9.16. The van der Waals surface area contributed by atoms with Crippen LogP contribution in [0.25, 0.3) is 0 Å². The molecule has 1 amide bonds. The van der Waals surface area contributed by atoms with Gasteiger partial charge in [-0.15, -0.1) is 0 Å². The molecular formula is C15H21N3O. The van der Waals surface area contributed by atoms with Gasteiger partial charge in [0.15, 0.2) is 0 Å². The van der Waals surface area contributed by atoms with Gasteiger partial charge in [-0.25, -0.2) is 0 Å². The number of nitrogens with two attached hydrogens (primary N) is 1. The lowest BCUT2D eigenvalue weighted by Gasteiger charge is -2.34. The fourth-order valence-corrected chi connectivity index (χ4v) is 3.10. The van der Waals surface area contributed by atoms with Crippen molar-refractivity contribution in [2.24, 2.45) is 5.92 Å². The normalized spacial score (nSPS) is 23.4. The molecule has 102 valence electrons. The van der Waals surface area contributed by atoms with E-state index < -0.39 is 0 Å². The van der Waals surface area contributed by atoms with Gasteiger partial charge in [-0.2, -0.15) is 0 Å². The second-order valence-corrected chi connectivity index (χ2v) is 5.76. The number of likely N-dealkylation sites (N-methyl/N-ethyl adjacent to an activating group) is 1. The topological polar surface area (TPSA) is 49.6 Å². The van der Waals surface area contributed by atoms with Crippen LogP contribution in [0.5, 0.6) is 0 Å². The Labute approximate surface area is 114 Å². The van der Waals surface area contributed by atoms with Crippen LogP contribution < -0.4 is 5.73 Å². The van der Waals surface area contributed by atoms with E-state index in [0.717, 1.165) is 44.7 Å². The van der Waals surface area contributed by atoms with Gasteiger partial charge in [-0.3, -0.25) is 4.79 Å². The van der Waals surface area contributed by atoms with Crippen LogP contribution in [0.15, 0.2) is 18.2 Å². The van der Waals surface area contributed by atoms with Crippen molar-refractivity contribution in [3.8, 4) is 0 Å². The molecule has 2 aliphatic rings. The Morgan fingerprint density at radius 3 is 2.58 bits per heavy atom. The number of nitrogen functional groups attached to an aromatic ring is 1. The third-order valence-corrected chi connectivity index (χ3v) is 4.33. The number of carbonyl (C=O) groups is 1. The summed E-state index contributed by atoms with van der Waals surface area (Å²) in [6.07, 6.45) is 1.73. The van der Waals surface area contributed by atoms with Crippen molar-refractivity contribution in [1.29, 1.82) is 0 Å². The van der Waals surface area contributed by atoms with Gasteiger partial charge < -0.3 is 15.5 Å². The second kappa shape index (κ2) is 4.85. The van der Waals surface area contributed by atoms with Crippen LogP contribution in [-0.4, -0.2) is 48.9 Å². The third-order valence-electron chi connectivity index (χ3n) is 4.33. The molecule has 1 fully saturated rings. The summed E-state index contributed by atoms with van der Waals surface area (Å²) in [7, 11) is 2.11. The number of benzene rings is 1. The van der Waals surface area contributed by atoms with Crippen LogP contribution in [0.2, 0.25) is 0 Å². The SMILES string of the molecule is CN1CCN(C(=O)C2Cc3ccc(N)cc3C2)CC1. The van der Waals surface area contributed by atoms with E-state index in [1.54, 1.807) is 0 Å². The Balaban J connectivity index is 1.67. The third kappa shape index (κ3) is 2.45. The zero-order valence-corrected chi connectivity index (χ0v) is 11.4. The Morgan fingerprint density at radius 2 is 1.84 bits per heavy atom. The molecule has 1 atom stereocenters. The van der Waals surface area contributed by atoms with Crippen molar-refractivity contribution < 1.29 is 4.79 Å². The number of nitrogens with zero attached hydrogens (tertiary/aromatic N) is 2. The molecule has 1 aromatic carbocycles. The van der Waals surface area contributed by atoms with Crippen molar-refractivity contribution in [2.75, 3.05) is 39.0 Å². The summed E-state index contributed by atoms with van der Waals surface area (Å²) in [6.45, 7) is 3.70. The van der Waals surface area contributed by atoms with E-state index in [2.05, 4.69) is 18.0 Å². The predicted octanol–water partition coefficient (Wildman–Crippen LogP) is 0.758. The molecule has 1 aromatic rings. The highest BCUT2D eigenvalue weighted by Crippen LogP contribution is 2.29. The first-order valence-corrected chi connectivity index (χ1v) is 6.98. The van der Waals surface area contributed by atoms with Gasteiger partial charge in [0.2, 0.25) is 5.91 Å². The maximum atomic E-state index is 12.5. The summed E-state index contributed by atoms with van der Waals surface area (Å²) in [4.78, 5) is 16.8. The number of amides is 1. The maximum Gasteiger partial charge on any atom is 0.226 e. The van der Waals surface area contributed by atoms with E-state index in [9.17, 15) is 4.79 Å². The summed E-state index contributed by atoms with van der Waals surface area (Å²) in [6, 6.07) is 6.02. The van der Waals surface area contributed by atoms with Crippen molar-refractivity contribution in [2.45, 2.75) is 12.8 Å². The van der Waals surface area contributed by atoms with Gasteiger partial charge in [0.05, 0.1) is 0 Å². The Kier molecular flexibility index (Phi) is 3.19. The van der Waals surface area contributed by atoms with Crippen LogP contribution in [0.1, 0.15) is 11.1 Å². The van der Waals surface area contributed by atoms with Crippen LogP contribution in [0, 0.1) is 5.92 Å². The highest BCUT2D eigenvalue weighted by Gasteiger charge is 2.31. The van der Waals surface area contributed by atoms with E-state index >= 15 is 0 Å². The molecule has 2 N–H and O–H groups in total. The van der Waals surface area contributed by atoms with Gasteiger partial charge in [-0.1, -0.05) is 6.07 Å². The molecule has 1 unspecified atom stereocenters. The number of fused-ring (bicyclic) bond motifs is 1. The van der Waals surface area contributed by atoms with Crippen molar-refractivity contribution in [3.63, 3.8) is 0 Å². The van der Waals surface area contributed by atoms with E-state index in [1.165, 1.54) is 11.1 Å². The Morgan fingerprint density at radius 1 is 1.16 bits per heavy atom. The molecule has 3 rings (SSSR count). The van der Waals surface area contributed by atoms with Crippen molar-refractivity contribution in [3.05, 3.63) is 29.3 Å². The zero-order chi connectivity index (χ0) is 13.4. The smallest absolute Gasteiger partial charge is 0.226 e. The number of carbonyl (C=O) groups excluding carboxylic acids is 1. The van der Waals surface area contributed by atoms with Crippen LogP contribution in [0.4, 0.5) is 5.69 Å². The quantitative estimate of drug-likeness (QED) is 0.757. The summed E-state index contributed by atoms with van der Waals surface area (Å²) < 4.78 is 0. The molecule has 0 aromatic heterocycles. The van der Waals surface area contributed by atoms with Crippen LogP contribution in [-0.2, 0) is 17.6 Å². The predicted molar refractivity (Wildman–Crippen MR) is 75.8 cm³/mol. The largest absolute Gasteiger partial charge is 0.399 e. The van der Waals surface area contributed by atoms with E-state index in [1.807, 2.05) is 17.0 Å². The lowest BCUT2D eigenvalue weighted by Crippen LogP contribution is -2.49. The first-order chi connectivity index (χ1) is 9.13. The molecule has 1 saturated heterocycles. The first-order valence-electron chi connectivity index (χ1n) is 6.98. The monoisotopic (exact) mass is 259 g/mol. The fraction of sp³-hybridized carbons (Fsp3) is 0.533. The minimum Gasteiger partial charge on any atom is -0.399 e. The molecule has 0 radical (unpaired) electrons. The average molecular weight is 259 g/mol. The minimum absolute atomic E-state index is 0.125. The van der Waals surface area contributed by atoms with E-state index in [-0.39, 0.29) is 5.92 Å². The molecule has 1 aliphatic heterocycles. The molecule has 0 saturated carbocycles. The minimum atomic E-state index is 0.125. The summed E-state index contributed by atoms with van der Waals surface area (Å²) in [5.74, 6) is 0.447. The maximum absolute atomic E-state index is 12.5. The van der Waals surface area contributed by atoms with E-state index in [4.69, 9.17) is 5.73 Å². The summed E-state index contributed by atoms with van der Waals surface area (Å²) in [5, 5.41) is 0. The number of hydrogen-bond acceptors (Lipinski definition) is 3. The molecule has 19 heavy (non-hydrogen) atoms. The standard InChI is InChI=1S/C15H21N3O/c1-17-4-6-18(7-5-17)15(19)13-8-11-2-3-14(16)10-12(11)9-13/h2-3,10,13H,4-9,16H2,1H3. The lowest BCUT2D eigenvalue weighted by atomic mass is 10.0. The van der Waals surface area contributed by atoms with Crippen molar-refractivity contribution >= 4 is 11.6 Å². The molecule has 4 nitrogen and oxygen atoms in total. The van der Waals surface area contributed by atoms with Gasteiger partial charge >= 0.3 is 0 Å². The van der Waals surface area contributed by atoms with Crippen LogP contribution >= 0.6 is 0 Å². The van der Waals surface area contributed by atoms with Gasteiger partial charge in [-0.05, 0) is 43.1 Å². The van der Waals surface area contributed by atoms with Gasteiger partial charge in [0, 0.05) is 37.8 Å². The van der Waals surface area contributed by atoms with Crippen LogP contribution in [0.3, 0.4) is 0 Å². The molecule has 0 bridgehead atoms. The summed E-state index contributed by atoms with van der Waals surface area (Å²) >= 11 is 0. The Bertz CT molecular complexity index is 492. The Hall–Kier alpha value is -1.55. The zero-order valence-electron chi connectivity index (χ0n) is 11.4. The molecule has 1 heterocycles. The number of rotatable bonds is 1. The van der Waals surface area contributed by atoms with Gasteiger partial charge in [0.25, 0.3) is 0 Å². The lowest BCUT2D eigenvalue weighted by molar-refractivity contribution is -0.136. The molecular weight excluding hydrogens is 238 g/mol. The fourth-order valence-electron chi connectivity index (χ4n) is 3.10. The highest BCUT2D eigenvalue weighted by molar-refractivity contribution is 5.80. The van der Waals surface area contributed by atoms with Crippen molar-refractivity contribution in [1.82, 2.24) is 9.80 Å². The molecule has 0 spiro atoms. The number of piperazine rings is 1. The second-order valence-electron chi connectivity index (χ2n) is 5.76. The molecule has 4 heteroatoms. The van der Waals surface area contributed by atoms with E-state index in [0.29, 0.717) is 5.91 Å². The number of anilines is 1. The van der Waals surface area contributed by atoms with Gasteiger partial charge in [0.1, 0.15) is 0 Å². The average Bonchev–Trinajstić information content (AvgIpc) is 2.81. The first kappa shape index (κ1) is 12.5. The molecule has 1 aliphatic carbocycles. The number of hydrogen-bond donors (Lipinski definition) is 1. The highest BCUT2D eigenvalue weighted by atomic mass is 16.2.